The van der Waals surface area contributed by atoms with Gasteiger partial charge >= 0.3 is 0 Å². The molecule has 2 aliphatic rings. The van der Waals surface area contributed by atoms with E-state index in [1.807, 2.05) is 18.2 Å². The Hall–Kier alpha value is -2.28. The molecule has 0 spiro atoms. The van der Waals surface area contributed by atoms with E-state index in [9.17, 15) is 0 Å². The smallest absolute Gasteiger partial charge is 0.231 e. The third-order valence-electron chi connectivity index (χ3n) is 3.42. The number of rotatable bonds is 3. The van der Waals surface area contributed by atoms with Crippen LogP contribution in [0.2, 0.25) is 0 Å². The summed E-state index contributed by atoms with van der Waals surface area (Å²) in [6.07, 6.45) is 0.477. The van der Waals surface area contributed by atoms with Crippen molar-refractivity contribution in [2.75, 3.05) is 13.3 Å². The number of benzene rings is 1. The van der Waals surface area contributed by atoms with Crippen LogP contribution in [0.1, 0.15) is 24.4 Å². The van der Waals surface area contributed by atoms with Gasteiger partial charge in [-0.1, -0.05) is 6.07 Å². The van der Waals surface area contributed by atoms with Crippen LogP contribution in [-0.2, 0) is 4.84 Å². The Morgan fingerprint density at radius 2 is 2.10 bits per heavy atom. The van der Waals surface area contributed by atoms with Gasteiger partial charge in [-0.25, -0.2) is 0 Å². The average Bonchev–Trinajstić information content (AvgIpc) is 3.10. The van der Waals surface area contributed by atoms with Crippen LogP contribution in [0, 0.1) is 22.7 Å². The zero-order valence-electron chi connectivity index (χ0n) is 10.8. The molecule has 0 aromatic heterocycles. The van der Waals surface area contributed by atoms with Gasteiger partial charge in [0.05, 0.1) is 24.6 Å². The van der Waals surface area contributed by atoms with E-state index in [1.54, 1.807) is 5.06 Å². The van der Waals surface area contributed by atoms with Gasteiger partial charge in [-0.15, -0.1) is 0 Å². The summed E-state index contributed by atoms with van der Waals surface area (Å²) in [5, 5.41) is 19.4. The van der Waals surface area contributed by atoms with Crippen molar-refractivity contribution in [1.29, 1.82) is 10.5 Å². The molecule has 102 valence electrons. The SMILES string of the molecule is N#CCCN1OC(C#N)CC1c1ccc2c(c1)OCO2. The molecule has 0 aliphatic carbocycles. The van der Waals surface area contributed by atoms with E-state index in [2.05, 4.69) is 12.1 Å². The lowest BCUT2D eigenvalue weighted by molar-refractivity contribution is -0.148. The first-order valence-corrected chi connectivity index (χ1v) is 6.41. The van der Waals surface area contributed by atoms with E-state index in [1.165, 1.54) is 0 Å². The summed E-state index contributed by atoms with van der Waals surface area (Å²) in [7, 11) is 0. The maximum absolute atomic E-state index is 9.02. The fraction of sp³-hybridized carbons (Fsp3) is 0.429. The molecule has 3 rings (SSSR count). The zero-order chi connectivity index (χ0) is 13.9. The third-order valence-corrected chi connectivity index (χ3v) is 3.42. The molecule has 2 heterocycles. The molecule has 1 fully saturated rings. The van der Waals surface area contributed by atoms with Crippen molar-refractivity contribution in [3.05, 3.63) is 23.8 Å². The fourth-order valence-electron chi connectivity index (χ4n) is 2.47. The molecule has 1 saturated heterocycles. The van der Waals surface area contributed by atoms with Crippen molar-refractivity contribution in [2.45, 2.75) is 25.0 Å². The number of hydrogen-bond acceptors (Lipinski definition) is 6. The van der Waals surface area contributed by atoms with E-state index in [4.69, 9.17) is 24.8 Å². The molecule has 1 aromatic carbocycles. The van der Waals surface area contributed by atoms with E-state index in [0.717, 1.165) is 11.3 Å². The highest BCUT2D eigenvalue weighted by atomic mass is 16.7. The van der Waals surface area contributed by atoms with E-state index in [-0.39, 0.29) is 12.8 Å². The molecule has 20 heavy (non-hydrogen) atoms. The van der Waals surface area contributed by atoms with Gasteiger partial charge in [-0.3, -0.25) is 4.84 Å². The summed E-state index contributed by atoms with van der Waals surface area (Å²) in [6.45, 7) is 0.715. The van der Waals surface area contributed by atoms with Crippen LogP contribution < -0.4 is 9.47 Å². The number of fused-ring (bicyclic) bond motifs is 1. The maximum atomic E-state index is 9.02. The molecule has 2 aliphatic heterocycles. The summed E-state index contributed by atoms with van der Waals surface area (Å²) in [6, 6.07) is 9.89. The Balaban J connectivity index is 1.83. The van der Waals surface area contributed by atoms with Gasteiger partial charge in [0, 0.05) is 13.0 Å². The van der Waals surface area contributed by atoms with Crippen LogP contribution in [-0.4, -0.2) is 24.5 Å². The standard InChI is InChI=1S/C14H13N3O3/c15-4-1-5-17-12(7-11(8-16)20-17)10-2-3-13-14(6-10)19-9-18-13/h2-3,6,11-12H,1,5,7,9H2. The van der Waals surface area contributed by atoms with Crippen LogP contribution in [0.3, 0.4) is 0 Å². The predicted molar refractivity (Wildman–Crippen MR) is 67.3 cm³/mol. The van der Waals surface area contributed by atoms with Gasteiger partial charge in [-0.2, -0.15) is 15.6 Å². The molecule has 6 nitrogen and oxygen atoms in total. The first kappa shape index (κ1) is 12.7. The Kier molecular flexibility index (Phi) is 3.42. The quantitative estimate of drug-likeness (QED) is 0.835. The van der Waals surface area contributed by atoms with Crippen LogP contribution in [0.5, 0.6) is 11.5 Å². The first-order valence-electron chi connectivity index (χ1n) is 6.41. The molecule has 0 N–H and O–H groups in total. The van der Waals surface area contributed by atoms with E-state index < -0.39 is 6.10 Å². The molecule has 0 radical (unpaired) electrons. The second kappa shape index (κ2) is 5.38. The molecule has 2 atom stereocenters. The average molecular weight is 271 g/mol. The molecular weight excluding hydrogens is 258 g/mol. The molecular formula is C14H13N3O3. The summed E-state index contributed by atoms with van der Waals surface area (Å²) < 4.78 is 10.7. The highest BCUT2D eigenvalue weighted by Gasteiger charge is 2.35. The first-order chi connectivity index (χ1) is 9.81. The number of nitrogens with zero attached hydrogens (tertiary/aromatic N) is 3. The van der Waals surface area contributed by atoms with Crippen LogP contribution in [0.4, 0.5) is 0 Å². The topological polar surface area (TPSA) is 78.5 Å². The van der Waals surface area contributed by atoms with Crippen molar-refractivity contribution in [3.63, 3.8) is 0 Å². The van der Waals surface area contributed by atoms with Gasteiger partial charge < -0.3 is 9.47 Å². The number of hydroxylamine groups is 2. The van der Waals surface area contributed by atoms with Gasteiger partial charge in [0.15, 0.2) is 17.6 Å². The van der Waals surface area contributed by atoms with E-state index in [0.29, 0.717) is 25.1 Å². The van der Waals surface area contributed by atoms with Gasteiger partial charge in [0.2, 0.25) is 6.79 Å². The van der Waals surface area contributed by atoms with Gasteiger partial charge in [0.1, 0.15) is 0 Å². The molecule has 1 aromatic rings. The Bertz CT molecular complexity index is 590. The second-order valence-electron chi connectivity index (χ2n) is 4.64. The fourth-order valence-corrected chi connectivity index (χ4v) is 2.47. The van der Waals surface area contributed by atoms with Crippen molar-refractivity contribution < 1.29 is 14.3 Å². The minimum absolute atomic E-state index is 0.0394. The van der Waals surface area contributed by atoms with Gasteiger partial charge in [-0.05, 0) is 17.7 Å². The van der Waals surface area contributed by atoms with Gasteiger partial charge in [0.25, 0.3) is 0 Å². The van der Waals surface area contributed by atoms with Crippen molar-refractivity contribution in [1.82, 2.24) is 5.06 Å². The van der Waals surface area contributed by atoms with E-state index >= 15 is 0 Å². The maximum Gasteiger partial charge on any atom is 0.231 e. The Morgan fingerprint density at radius 1 is 1.25 bits per heavy atom. The summed E-state index contributed by atoms with van der Waals surface area (Å²) >= 11 is 0. The minimum atomic E-state index is -0.468. The molecule has 6 heteroatoms. The van der Waals surface area contributed by atoms with Crippen LogP contribution >= 0.6 is 0 Å². The highest BCUT2D eigenvalue weighted by molar-refractivity contribution is 5.45. The monoisotopic (exact) mass is 271 g/mol. The molecule has 2 unspecified atom stereocenters. The largest absolute Gasteiger partial charge is 0.454 e. The molecule has 0 bridgehead atoms. The van der Waals surface area contributed by atoms with Crippen molar-refractivity contribution in [3.8, 4) is 23.6 Å². The number of ether oxygens (including phenoxy) is 2. The third kappa shape index (κ3) is 2.27. The minimum Gasteiger partial charge on any atom is -0.454 e. The Labute approximate surface area is 116 Å². The lowest BCUT2D eigenvalue weighted by Crippen LogP contribution is -2.23. The predicted octanol–water partition coefficient (Wildman–Crippen LogP) is 1.90. The second-order valence-corrected chi connectivity index (χ2v) is 4.64. The van der Waals surface area contributed by atoms with Crippen molar-refractivity contribution >= 4 is 0 Å². The van der Waals surface area contributed by atoms with Crippen molar-refractivity contribution in [2.24, 2.45) is 0 Å². The van der Waals surface area contributed by atoms with Crippen LogP contribution in [0.25, 0.3) is 0 Å². The molecule has 0 saturated carbocycles. The summed E-state index contributed by atoms with van der Waals surface area (Å²) in [4.78, 5) is 5.55. The number of hydrogen-bond donors (Lipinski definition) is 0. The molecule has 0 amide bonds. The highest BCUT2D eigenvalue weighted by Crippen LogP contribution is 2.39. The summed E-state index contributed by atoms with van der Waals surface area (Å²) in [5.41, 5.74) is 1.00. The lowest BCUT2D eigenvalue weighted by atomic mass is 10.0. The summed E-state index contributed by atoms with van der Waals surface area (Å²) in [5.74, 6) is 1.44. The number of nitriles is 2. The Morgan fingerprint density at radius 3 is 2.90 bits per heavy atom. The zero-order valence-corrected chi connectivity index (χ0v) is 10.8. The van der Waals surface area contributed by atoms with Crippen LogP contribution in [0.15, 0.2) is 18.2 Å². The lowest BCUT2D eigenvalue weighted by Gasteiger charge is -2.21. The normalized spacial score (nSPS) is 24.3.